The zero-order valence-corrected chi connectivity index (χ0v) is 3.75. The molecule has 4 N–H and O–H groups in total. The average Bonchev–Trinajstić information content (AvgIpc) is 1.35. The van der Waals surface area contributed by atoms with Crippen molar-refractivity contribution in [2.75, 3.05) is 0 Å². The maximum absolute atomic E-state index is 6.08. The molecule has 0 aromatic rings. The van der Waals surface area contributed by atoms with Crippen molar-refractivity contribution in [3.05, 3.63) is 0 Å². The highest BCUT2D eigenvalue weighted by atomic mass is 32.1. The van der Waals surface area contributed by atoms with Crippen LogP contribution in [-0.2, 0) is 0 Å². The molecule has 0 atom stereocenters. The van der Waals surface area contributed by atoms with Gasteiger partial charge in [0, 0.05) is 0 Å². The van der Waals surface area contributed by atoms with E-state index in [1.165, 1.54) is 0 Å². The third-order valence-electron chi connectivity index (χ3n) is 0.166. The maximum atomic E-state index is 6.08. The molecule has 0 saturated heterocycles. The third-order valence-corrected chi connectivity index (χ3v) is 0.257. The van der Waals surface area contributed by atoms with Gasteiger partial charge in [0.1, 0.15) is 0 Å². The Labute approximate surface area is 40.2 Å². The number of hydrogen-bond acceptors (Lipinski definition) is 3. The van der Waals surface area contributed by atoms with Crippen LogP contribution in [0.4, 0.5) is 0 Å². The molecule has 0 fully saturated rings. The second-order valence-corrected chi connectivity index (χ2v) is 1.03. The summed E-state index contributed by atoms with van der Waals surface area (Å²) in [5.74, 6) is 0. The van der Waals surface area contributed by atoms with Crippen LogP contribution in [0.25, 0.3) is 0 Å². The van der Waals surface area contributed by atoms with E-state index in [1.54, 1.807) is 0 Å². The molecule has 0 saturated carbocycles. The second-order valence-electron chi connectivity index (χ2n) is 0.588. The standard InChI is InChI=1S/CH4N4S/c2-1(6)4-5-3/h(H4,2,3,4,6). The van der Waals surface area contributed by atoms with Gasteiger partial charge in [0.25, 0.3) is 0 Å². The van der Waals surface area contributed by atoms with Crippen molar-refractivity contribution in [2.24, 2.45) is 11.0 Å². The Morgan fingerprint density at radius 1 is 2.00 bits per heavy atom. The van der Waals surface area contributed by atoms with Gasteiger partial charge in [-0.2, -0.15) is 5.53 Å². The molecule has 5 heteroatoms. The lowest BCUT2D eigenvalue weighted by Crippen LogP contribution is -2.22. The first-order valence-electron chi connectivity index (χ1n) is 1.19. The number of nitrogens with two attached hydrogens (primary N) is 1. The number of thiocarbonyl (C=S) groups is 1. The van der Waals surface area contributed by atoms with Crippen LogP contribution in [0.3, 0.4) is 0 Å². The van der Waals surface area contributed by atoms with Crippen molar-refractivity contribution in [1.29, 1.82) is 5.53 Å². The average molecular weight is 104 g/mol. The quantitative estimate of drug-likeness (QED) is 0.244. The fourth-order valence-electron chi connectivity index (χ4n) is 0.0551. The first-order valence-corrected chi connectivity index (χ1v) is 1.60. The Morgan fingerprint density at radius 3 is 2.50 bits per heavy atom. The second kappa shape index (κ2) is 2.52. The molecule has 0 rings (SSSR count). The van der Waals surface area contributed by atoms with Crippen molar-refractivity contribution in [3.8, 4) is 0 Å². The first kappa shape index (κ1) is 5.29. The Hall–Kier alpha value is -0.710. The summed E-state index contributed by atoms with van der Waals surface area (Å²) in [6.45, 7) is 0. The lowest BCUT2D eigenvalue weighted by molar-refractivity contribution is 0.870. The topological polar surface area (TPSA) is 74.3 Å². The maximum Gasteiger partial charge on any atom is 0.185 e. The highest BCUT2D eigenvalue weighted by molar-refractivity contribution is 7.80. The van der Waals surface area contributed by atoms with Gasteiger partial charge in [-0.05, 0) is 12.2 Å². The molecule has 0 radical (unpaired) electrons. The molecule has 6 heavy (non-hydrogen) atoms. The fraction of sp³-hybridized carbons (Fsp3) is 0. The van der Waals surface area contributed by atoms with Gasteiger partial charge in [-0.15, -0.1) is 0 Å². The van der Waals surface area contributed by atoms with E-state index in [2.05, 4.69) is 17.4 Å². The van der Waals surface area contributed by atoms with Crippen LogP contribution in [0.5, 0.6) is 0 Å². The molecule has 0 spiro atoms. The molecule has 0 bridgehead atoms. The lowest BCUT2D eigenvalue weighted by atomic mass is 11.2. The zero-order valence-electron chi connectivity index (χ0n) is 2.93. The fourth-order valence-corrected chi connectivity index (χ4v) is 0.101. The summed E-state index contributed by atoms with van der Waals surface area (Å²) in [4.78, 5) is 0. The van der Waals surface area contributed by atoms with Crippen LogP contribution in [0.1, 0.15) is 0 Å². The van der Waals surface area contributed by atoms with Gasteiger partial charge in [-0.1, -0.05) is 5.22 Å². The largest absolute Gasteiger partial charge is 0.375 e. The Balaban J connectivity index is 3.05. The van der Waals surface area contributed by atoms with E-state index in [9.17, 15) is 0 Å². The summed E-state index contributed by atoms with van der Waals surface area (Å²) in [6, 6.07) is 0. The summed E-state index contributed by atoms with van der Waals surface area (Å²) in [5.41, 5.74) is 12.9. The first-order chi connectivity index (χ1) is 2.77. The summed E-state index contributed by atoms with van der Waals surface area (Å²) in [5, 5.41) is 2.69. The molecule has 0 aliphatic carbocycles. The van der Waals surface area contributed by atoms with Crippen molar-refractivity contribution in [1.82, 2.24) is 5.43 Å². The molecule has 0 amide bonds. The van der Waals surface area contributed by atoms with Crippen LogP contribution in [0, 0.1) is 5.53 Å². The molecule has 0 aliphatic heterocycles. The van der Waals surface area contributed by atoms with Crippen LogP contribution in [0.15, 0.2) is 5.22 Å². The molecular weight excluding hydrogens is 100 g/mol. The summed E-state index contributed by atoms with van der Waals surface area (Å²) >= 11 is 4.25. The Morgan fingerprint density at radius 2 is 2.50 bits per heavy atom. The number of nitrogens with one attached hydrogen (secondary N) is 2. The number of hydrogen-bond donors (Lipinski definition) is 3. The molecule has 0 aromatic heterocycles. The molecule has 0 aliphatic rings. The van der Waals surface area contributed by atoms with E-state index in [4.69, 9.17) is 11.3 Å². The van der Waals surface area contributed by atoms with E-state index >= 15 is 0 Å². The highest BCUT2D eigenvalue weighted by Crippen LogP contribution is 1.52. The molecule has 0 aromatic carbocycles. The third kappa shape index (κ3) is 3.29. The van der Waals surface area contributed by atoms with Gasteiger partial charge in [-0.25, -0.2) is 5.43 Å². The van der Waals surface area contributed by atoms with Crippen molar-refractivity contribution in [3.63, 3.8) is 0 Å². The van der Waals surface area contributed by atoms with E-state index in [-0.39, 0.29) is 5.11 Å². The summed E-state index contributed by atoms with van der Waals surface area (Å²) < 4.78 is 0. The van der Waals surface area contributed by atoms with Crippen molar-refractivity contribution in [2.45, 2.75) is 0 Å². The smallest absolute Gasteiger partial charge is 0.185 e. The minimum Gasteiger partial charge on any atom is -0.375 e. The van der Waals surface area contributed by atoms with Crippen LogP contribution >= 0.6 is 12.2 Å². The molecule has 34 valence electrons. The van der Waals surface area contributed by atoms with E-state index < -0.39 is 0 Å². The highest BCUT2D eigenvalue weighted by Gasteiger charge is 1.72. The monoisotopic (exact) mass is 104 g/mol. The predicted octanol–water partition coefficient (Wildman–Crippen LogP) is -0.234. The van der Waals surface area contributed by atoms with Gasteiger partial charge in [-0.3, -0.25) is 0 Å². The zero-order chi connectivity index (χ0) is 4.99. The van der Waals surface area contributed by atoms with Crippen molar-refractivity contribution < 1.29 is 0 Å². The minimum atomic E-state index is 0.0185. The van der Waals surface area contributed by atoms with Crippen LogP contribution in [-0.4, -0.2) is 5.11 Å². The van der Waals surface area contributed by atoms with E-state index in [1.807, 2.05) is 5.43 Å². The van der Waals surface area contributed by atoms with Crippen molar-refractivity contribution >= 4 is 17.3 Å². The predicted molar refractivity (Wildman–Crippen MR) is 25.1 cm³/mol. The minimum absolute atomic E-state index is 0.0185. The summed E-state index contributed by atoms with van der Waals surface area (Å²) in [7, 11) is 0. The van der Waals surface area contributed by atoms with E-state index in [0.717, 1.165) is 0 Å². The number of rotatable bonds is 1. The number of nitrogens with zero attached hydrogens (tertiary/aromatic N) is 1. The van der Waals surface area contributed by atoms with Crippen LogP contribution < -0.4 is 11.2 Å². The van der Waals surface area contributed by atoms with Gasteiger partial charge < -0.3 is 5.73 Å². The Bertz CT molecular complexity index is 67.9. The van der Waals surface area contributed by atoms with Crippen LogP contribution in [0.2, 0.25) is 0 Å². The molecule has 0 heterocycles. The molecule has 4 nitrogen and oxygen atoms in total. The van der Waals surface area contributed by atoms with Gasteiger partial charge in [0.2, 0.25) is 0 Å². The molecular formula is CH4N4S. The SMILES string of the molecule is N=NNC(N)=S. The van der Waals surface area contributed by atoms with Gasteiger partial charge in [0.05, 0.1) is 0 Å². The van der Waals surface area contributed by atoms with Gasteiger partial charge >= 0.3 is 0 Å². The lowest BCUT2D eigenvalue weighted by Gasteiger charge is -1.85. The Kier molecular flexibility index (Phi) is 2.22. The van der Waals surface area contributed by atoms with E-state index in [0.29, 0.717) is 0 Å². The normalized spacial score (nSPS) is 6.67. The summed E-state index contributed by atoms with van der Waals surface area (Å²) in [6.07, 6.45) is 0. The van der Waals surface area contributed by atoms with Gasteiger partial charge in [0.15, 0.2) is 5.11 Å². The molecule has 0 unspecified atom stereocenters.